The first-order valence-electron chi connectivity index (χ1n) is 17.8. The molecule has 2 aromatic carbocycles. The van der Waals surface area contributed by atoms with Crippen LogP contribution in [0.15, 0.2) is 133 Å². The Morgan fingerprint density at radius 3 is 2.71 bits per heavy atom. The number of aromatic nitrogens is 4. The van der Waals surface area contributed by atoms with Crippen LogP contribution in [0, 0.1) is 0 Å². The van der Waals surface area contributed by atoms with Crippen molar-refractivity contribution in [1.29, 1.82) is 0 Å². The molecule has 0 fully saturated rings. The zero-order valence-electron chi connectivity index (χ0n) is 30.0. The van der Waals surface area contributed by atoms with Gasteiger partial charge in [-0.25, -0.2) is 9.97 Å². The third-order valence-corrected chi connectivity index (χ3v) is 9.49. The molecule has 8 rings (SSSR count). The van der Waals surface area contributed by atoms with Crippen molar-refractivity contribution >= 4 is 74.6 Å². The predicted molar refractivity (Wildman–Crippen MR) is 222 cm³/mol. The molecule has 0 saturated carbocycles. The third-order valence-electron chi connectivity index (χ3n) is 9.49. The van der Waals surface area contributed by atoms with E-state index in [4.69, 9.17) is 4.42 Å². The summed E-state index contributed by atoms with van der Waals surface area (Å²) in [6.07, 6.45) is 36.1. The first kappa shape index (κ1) is 34.0. The highest BCUT2D eigenvalue weighted by Gasteiger charge is 2.19. The Morgan fingerprint density at radius 1 is 1.00 bits per heavy atom. The Bertz CT molecular complexity index is 2550. The summed E-state index contributed by atoms with van der Waals surface area (Å²) in [4.78, 5) is 8.07. The lowest BCUT2D eigenvalue weighted by molar-refractivity contribution is 0.665. The Balaban J connectivity index is 0.000000268. The van der Waals surface area contributed by atoms with Crippen molar-refractivity contribution < 1.29 is 4.42 Å². The number of furan rings is 1. The fourth-order valence-electron chi connectivity index (χ4n) is 6.98. The Morgan fingerprint density at radius 2 is 1.88 bits per heavy atom. The van der Waals surface area contributed by atoms with Crippen molar-refractivity contribution in [3.05, 3.63) is 168 Å². The molecule has 0 radical (unpaired) electrons. The van der Waals surface area contributed by atoms with Crippen LogP contribution in [-0.4, -0.2) is 19.1 Å². The molecule has 4 aromatic heterocycles. The molecular formula is C47H42N4O. The summed E-state index contributed by atoms with van der Waals surface area (Å²) in [7, 11) is 2.12. The van der Waals surface area contributed by atoms with Crippen LogP contribution in [0.25, 0.3) is 74.6 Å². The molecule has 6 aromatic rings. The highest BCUT2D eigenvalue weighted by molar-refractivity contribution is 6.02. The zero-order chi connectivity index (χ0) is 36.0. The van der Waals surface area contributed by atoms with Crippen LogP contribution in [-0.2, 0) is 13.5 Å². The number of para-hydroxylation sites is 1. The van der Waals surface area contributed by atoms with Crippen LogP contribution in [0.2, 0.25) is 0 Å². The largest absolute Gasteiger partial charge is 0.453 e. The SMILES string of the molecule is C=CCC=C/C(=C\C)n1c2c(c3cc(C4=C=Cc5c(c(C=C)c(/C=C\CC)n5C)C=C4)ccc31)C=CC=CC2.c1ccc2c(c1)oc1cncnc12. The van der Waals surface area contributed by atoms with Gasteiger partial charge in [0.05, 0.1) is 17.4 Å². The van der Waals surface area contributed by atoms with E-state index in [1.54, 1.807) is 6.20 Å². The van der Waals surface area contributed by atoms with E-state index in [0.717, 1.165) is 63.7 Å². The standard InChI is InChI=1S/C37H36N2.C10H6N2O/c1-6-10-13-16-29(8-3)39-36-19-15-12-14-17-31(36)33-26-28(22-25-37(33)39)27-20-23-32-30(9-4)34(18-11-7-2)38(5)35(32)24-21-27;1-2-4-8-7(3-1)10-9(13-8)5-11-6-12-10/h6,8-9,11-18,20,22-26H,1,4,7,10,19H2,2-3,5H3;1-6H/b16-13?,18-11-,29-8+;. The van der Waals surface area contributed by atoms with E-state index in [1.807, 2.05) is 36.4 Å². The third kappa shape index (κ3) is 6.35. The summed E-state index contributed by atoms with van der Waals surface area (Å²) >= 11 is 0. The molecule has 0 bridgehead atoms. The minimum Gasteiger partial charge on any atom is -0.453 e. The molecule has 2 aliphatic carbocycles. The summed E-state index contributed by atoms with van der Waals surface area (Å²) in [5, 5.41) is 2.29. The monoisotopic (exact) mass is 678 g/mol. The fraction of sp³-hybridized carbons (Fsp3) is 0.128. The van der Waals surface area contributed by atoms with Gasteiger partial charge in [0.25, 0.3) is 0 Å². The topological polar surface area (TPSA) is 48.8 Å². The summed E-state index contributed by atoms with van der Waals surface area (Å²) in [6, 6.07) is 14.6. The van der Waals surface area contributed by atoms with E-state index in [9.17, 15) is 0 Å². The van der Waals surface area contributed by atoms with Crippen molar-refractivity contribution in [2.24, 2.45) is 7.05 Å². The second kappa shape index (κ2) is 15.2. The van der Waals surface area contributed by atoms with Gasteiger partial charge in [-0.3, -0.25) is 0 Å². The average Bonchev–Trinajstić information content (AvgIpc) is 3.60. The molecule has 0 saturated heterocycles. The van der Waals surface area contributed by atoms with Crippen molar-refractivity contribution in [2.45, 2.75) is 33.1 Å². The van der Waals surface area contributed by atoms with E-state index in [2.05, 4.69) is 150 Å². The number of hydrogen-bond acceptors (Lipinski definition) is 3. The van der Waals surface area contributed by atoms with E-state index in [0.29, 0.717) is 0 Å². The molecule has 5 nitrogen and oxygen atoms in total. The number of rotatable bonds is 8. The van der Waals surface area contributed by atoms with Gasteiger partial charge in [-0.1, -0.05) is 92.5 Å². The Hall–Kier alpha value is -6.42. The molecule has 0 unspecified atom stereocenters. The predicted octanol–water partition coefficient (Wildman–Crippen LogP) is 12.3. The van der Waals surface area contributed by atoms with E-state index in [1.165, 1.54) is 45.4 Å². The maximum absolute atomic E-state index is 5.53. The van der Waals surface area contributed by atoms with Crippen LogP contribution < -0.4 is 0 Å². The molecule has 2 aliphatic rings. The first-order valence-corrected chi connectivity index (χ1v) is 17.8. The smallest absolute Gasteiger partial charge is 0.172 e. The molecular weight excluding hydrogens is 637 g/mol. The number of fused-ring (bicyclic) bond motifs is 7. The molecule has 52 heavy (non-hydrogen) atoms. The van der Waals surface area contributed by atoms with Gasteiger partial charge in [0.1, 0.15) is 17.4 Å². The second-order valence-corrected chi connectivity index (χ2v) is 12.6. The van der Waals surface area contributed by atoms with Gasteiger partial charge in [0, 0.05) is 69.7 Å². The molecule has 0 aliphatic heterocycles. The molecule has 4 heterocycles. The normalized spacial score (nSPS) is 13.8. The highest BCUT2D eigenvalue weighted by atomic mass is 16.3. The van der Waals surface area contributed by atoms with Gasteiger partial charge in [-0.05, 0) is 67.8 Å². The lowest BCUT2D eigenvalue weighted by atomic mass is 10.0. The number of hydrogen-bond donors (Lipinski definition) is 0. The average molecular weight is 679 g/mol. The molecule has 0 atom stereocenters. The van der Waals surface area contributed by atoms with Crippen LogP contribution >= 0.6 is 0 Å². The maximum atomic E-state index is 5.53. The lowest BCUT2D eigenvalue weighted by Crippen LogP contribution is -2.01. The Labute approximate surface area is 305 Å². The molecule has 0 N–H and O–H groups in total. The Kier molecular flexibility index (Phi) is 9.97. The van der Waals surface area contributed by atoms with Crippen molar-refractivity contribution in [3.8, 4) is 0 Å². The molecule has 256 valence electrons. The van der Waals surface area contributed by atoms with Crippen LogP contribution in [0.1, 0.15) is 66.0 Å². The van der Waals surface area contributed by atoms with E-state index >= 15 is 0 Å². The van der Waals surface area contributed by atoms with Crippen molar-refractivity contribution in [2.75, 3.05) is 0 Å². The molecule has 0 spiro atoms. The quantitative estimate of drug-likeness (QED) is 0.0914. The minimum absolute atomic E-state index is 0.740. The summed E-state index contributed by atoms with van der Waals surface area (Å²) < 4.78 is 10.2. The van der Waals surface area contributed by atoms with Crippen molar-refractivity contribution in [1.82, 2.24) is 19.1 Å². The number of benzene rings is 2. The van der Waals surface area contributed by atoms with Crippen LogP contribution in [0.4, 0.5) is 0 Å². The molecule has 5 heteroatoms. The van der Waals surface area contributed by atoms with Gasteiger partial charge in [0.2, 0.25) is 0 Å². The maximum Gasteiger partial charge on any atom is 0.172 e. The number of allylic oxidation sites excluding steroid dienone is 11. The summed E-state index contributed by atoms with van der Waals surface area (Å²) in [6.45, 7) is 12.2. The lowest BCUT2D eigenvalue weighted by Gasteiger charge is -2.11. The van der Waals surface area contributed by atoms with Gasteiger partial charge in [-0.2, -0.15) is 0 Å². The van der Waals surface area contributed by atoms with E-state index < -0.39 is 0 Å². The highest BCUT2D eigenvalue weighted by Crippen LogP contribution is 2.36. The number of nitrogens with zero attached hydrogens (tertiary/aromatic N) is 4. The van der Waals surface area contributed by atoms with E-state index in [-0.39, 0.29) is 0 Å². The summed E-state index contributed by atoms with van der Waals surface area (Å²) in [5.41, 5.74) is 17.9. The first-order chi connectivity index (χ1) is 25.6. The fourth-order valence-corrected chi connectivity index (χ4v) is 6.98. The van der Waals surface area contributed by atoms with Gasteiger partial charge in [0.15, 0.2) is 5.58 Å². The second-order valence-electron chi connectivity index (χ2n) is 12.6. The van der Waals surface area contributed by atoms with Gasteiger partial charge in [-0.15, -0.1) is 12.3 Å². The van der Waals surface area contributed by atoms with Gasteiger partial charge < -0.3 is 13.6 Å². The van der Waals surface area contributed by atoms with Gasteiger partial charge >= 0.3 is 0 Å². The van der Waals surface area contributed by atoms with Crippen molar-refractivity contribution in [3.63, 3.8) is 0 Å². The van der Waals surface area contributed by atoms with Crippen LogP contribution in [0.5, 0.6) is 0 Å². The minimum atomic E-state index is 0.740. The molecule has 0 amide bonds. The summed E-state index contributed by atoms with van der Waals surface area (Å²) in [5.74, 6) is 0. The zero-order valence-corrected chi connectivity index (χ0v) is 30.0. The van der Waals surface area contributed by atoms with Crippen LogP contribution in [0.3, 0.4) is 0 Å².